The Morgan fingerprint density at radius 1 is 1.20 bits per heavy atom. The molecule has 10 heavy (non-hydrogen) atoms. The largest absolute Gasteiger partial charge is 0.392 e. The maximum absolute atomic E-state index is 8.87. The zero-order valence-electron chi connectivity index (χ0n) is 6.62. The minimum Gasteiger partial charge on any atom is -0.392 e. The molecule has 1 radical (unpaired) electrons. The molecule has 2 unspecified atom stereocenters. The van der Waals surface area contributed by atoms with Crippen LogP contribution in [0.2, 0.25) is 0 Å². The smallest absolute Gasteiger partial charge is 0.0639 e. The lowest BCUT2D eigenvalue weighted by atomic mass is 10.3. The molecule has 0 spiro atoms. The first-order chi connectivity index (χ1) is 4.52. The molecule has 0 aliphatic carbocycles. The molecule has 0 aromatic carbocycles. The Balaban J connectivity index is 3.34. The lowest BCUT2D eigenvalue weighted by Crippen LogP contribution is -2.31. The van der Waals surface area contributed by atoms with Crippen LogP contribution in [0.15, 0.2) is 0 Å². The highest BCUT2D eigenvalue weighted by Crippen LogP contribution is 1.91. The second-order valence-electron chi connectivity index (χ2n) is 2.73. The van der Waals surface area contributed by atoms with E-state index >= 15 is 0 Å². The third kappa shape index (κ3) is 6.01. The van der Waals surface area contributed by atoms with E-state index in [0.717, 1.165) is 0 Å². The molecule has 2 atom stereocenters. The lowest BCUT2D eigenvalue weighted by Gasteiger charge is -2.18. The predicted octanol–water partition coefficient (Wildman–Crippen LogP) is -0.158. The number of rotatable bonds is 4. The van der Waals surface area contributed by atoms with Crippen LogP contribution in [0.1, 0.15) is 13.8 Å². The highest BCUT2D eigenvalue weighted by atomic mass is 16.3. The number of hydrogen-bond acceptors (Lipinski definition) is 3. The average molecular weight is 146 g/mol. The van der Waals surface area contributed by atoms with Gasteiger partial charge in [-0.25, -0.2) is 0 Å². The fraction of sp³-hybridized carbons (Fsp3) is 0.857. The zero-order chi connectivity index (χ0) is 8.15. The van der Waals surface area contributed by atoms with Crippen LogP contribution in [-0.4, -0.2) is 40.4 Å². The first kappa shape index (κ1) is 9.88. The van der Waals surface area contributed by atoms with Crippen molar-refractivity contribution in [1.29, 1.82) is 0 Å². The van der Waals surface area contributed by atoms with Crippen LogP contribution < -0.4 is 0 Å². The van der Waals surface area contributed by atoms with Gasteiger partial charge in [-0.3, -0.25) is 4.90 Å². The Morgan fingerprint density at radius 3 is 1.70 bits per heavy atom. The summed E-state index contributed by atoms with van der Waals surface area (Å²) in [4.78, 5) is 1.65. The van der Waals surface area contributed by atoms with E-state index in [9.17, 15) is 0 Å². The van der Waals surface area contributed by atoms with Crippen LogP contribution >= 0.6 is 0 Å². The molecule has 0 heterocycles. The maximum Gasteiger partial charge on any atom is 0.0639 e. The minimum absolute atomic E-state index is 0.378. The molecule has 0 bridgehead atoms. The molecule has 0 aliphatic rings. The Kier molecular flexibility index (Phi) is 4.60. The van der Waals surface area contributed by atoms with Gasteiger partial charge in [-0.15, -0.1) is 0 Å². The molecule has 3 nitrogen and oxygen atoms in total. The molecule has 0 rings (SSSR count). The molecule has 0 aromatic heterocycles. The normalized spacial score (nSPS) is 17.4. The van der Waals surface area contributed by atoms with Crippen LogP contribution in [0, 0.1) is 7.05 Å². The van der Waals surface area contributed by atoms with Gasteiger partial charge in [0, 0.05) is 20.1 Å². The molecule has 2 N–H and O–H groups in total. The van der Waals surface area contributed by atoms with E-state index in [2.05, 4.69) is 7.05 Å². The van der Waals surface area contributed by atoms with E-state index < -0.39 is 0 Å². The standard InChI is InChI=1S/C7H16NO2/c1-6(9)4-8(3)5-7(2)10/h6-7,9-10H,3-5H2,1-2H3. The molecule has 61 valence electrons. The summed E-state index contributed by atoms with van der Waals surface area (Å²) < 4.78 is 0. The van der Waals surface area contributed by atoms with Crippen molar-refractivity contribution in [2.24, 2.45) is 0 Å². The summed E-state index contributed by atoms with van der Waals surface area (Å²) in [6, 6.07) is 0. The number of hydrogen-bond donors (Lipinski definition) is 2. The van der Waals surface area contributed by atoms with E-state index in [0.29, 0.717) is 13.1 Å². The van der Waals surface area contributed by atoms with Gasteiger partial charge in [-0.2, -0.15) is 0 Å². The summed E-state index contributed by atoms with van der Waals surface area (Å²) in [6.07, 6.45) is -0.757. The molecule has 0 aromatic rings. The lowest BCUT2D eigenvalue weighted by molar-refractivity contribution is 0.108. The van der Waals surface area contributed by atoms with E-state index in [1.165, 1.54) is 0 Å². The molecule has 0 fully saturated rings. The highest BCUT2D eigenvalue weighted by Gasteiger charge is 2.04. The zero-order valence-corrected chi connectivity index (χ0v) is 6.62. The number of aliphatic hydroxyl groups excluding tert-OH is 2. The summed E-state index contributed by atoms with van der Waals surface area (Å²) in [6.45, 7) is 4.40. The van der Waals surface area contributed by atoms with Crippen molar-refractivity contribution in [3.63, 3.8) is 0 Å². The van der Waals surface area contributed by atoms with Gasteiger partial charge in [0.2, 0.25) is 0 Å². The van der Waals surface area contributed by atoms with Gasteiger partial charge in [0.15, 0.2) is 0 Å². The molecular formula is C7H16NO2. The van der Waals surface area contributed by atoms with Gasteiger partial charge in [-0.1, -0.05) is 0 Å². The summed E-state index contributed by atoms with van der Waals surface area (Å²) >= 11 is 0. The van der Waals surface area contributed by atoms with E-state index in [1.807, 2.05) is 0 Å². The van der Waals surface area contributed by atoms with Gasteiger partial charge in [-0.05, 0) is 13.8 Å². The molecule has 0 saturated carbocycles. The van der Waals surface area contributed by atoms with Gasteiger partial charge < -0.3 is 10.2 Å². The predicted molar refractivity (Wildman–Crippen MR) is 40.3 cm³/mol. The Morgan fingerprint density at radius 2 is 1.50 bits per heavy atom. The first-order valence-electron chi connectivity index (χ1n) is 3.44. The summed E-state index contributed by atoms with van der Waals surface area (Å²) in [5.74, 6) is 0. The van der Waals surface area contributed by atoms with E-state index in [-0.39, 0.29) is 12.2 Å². The quantitative estimate of drug-likeness (QED) is 0.579. The number of nitrogens with zero attached hydrogens (tertiary/aromatic N) is 1. The highest BCUT2D eigenvalue weighted by molar-refractivity contribution is 4.62. The monoisotopic (exact) mass is 146 g/mol. The Labute approximate surface area is 62.3 Å². The number of aliphatic hydroxyl groups is 2. The van der Waals surface area contributed by atoms with E-state index in [1.54, 1.807) is 18.7 Å². The van der Waals surface area contributed by atoms with Crippen molar-refractivity contribution in [3.05, 3.63) is 7.05 Å². The average Bonchev–Trinajstić information content (AvgIpc) is 1.58. The summed E-state index contributed by atoms with van der Waals surface area (Å²) in [5, 5.41) is 17.7. The molecular weight excluding hydrogens is 130 g/mol. The Hall–Kier alpha value is -0.120. The third-order valence-electron chi connectivity index (χ3n) is 1.04. The topological polar surface area (TPSA) is 43.7 Å². The van der Waals surface area contributed by atoms with Crippen LogP contribution in [0.4, 0.5) is 0 Å². The van der Waals surface area contributed by atoms with Crippen molar-refractivity contribution in [2.45, 2.75) is 26.1 Å². The van der Waals surface area contributed by atoms with Crippen molar-refractivity contribution in [1.82, 2.24) is 4.90 Å². The summed E-state index contributed by atoms with van der Waals surface area (Å²) in [5.41, 5.74) is 0. The van der Waals surface area contributed by atoms with E-state index in [4.69, 9.17) is 10.2 Å². The molecule has 0 aliphatic heterocycles. The molecule has 0 amide bonds. The van der Waals surface area contributed by atoms with Crippen LogP contribution in [-0.2, 0) is 0 Å². The minimum atomic E-state index is -0.378. The molecule has 0 saturated heterocycles. The third-order valence-corrected chi connectivity index (χ3v) is 1.04. The van der Waals surface area contributed by atoms with Gasteiger partial charge in [0.25, 0.3) is 0 Å². The van der Waals surface area contributed by atoms with Crippen molar-refractivity contribution < 1.29 is 10.2 Å². The fourth-order valence-corrected chi connectivity index (χ4v) is 0.822. The molecule has 3 heteroatoms. The van der Waals surface area contributed by atoms with Crippen molar-refractivity contribution in [2.75, 3.05) is 13.1 Å². The van der Waals surface area contributed by atoms with Gasteiger partial charge in [0.1, 0.15) is 0 Å². The first-order valence-corrected chi connectivity index (χ1v) is 3.44. The second-order valence-corrected chi connectivity index (χ2v) is 2.73. The van der Waals surface area contributed by atoms with Crippen molar-refractivity contribution >= 4 is 0 Å². The Bertz CT molecular complexity index is 73.7. The second kappa shape index (κ2) is 4.66. The summed E-state index contributed by atoms with van der Waals surface area (Å²) in [7, 11) is 3.63. The van der Waals surface area contributed by atoms with Crippen LogP contribution in [0.3, 0.4) is 0 Å². The van der Waals surface area contributed by atoms with Crippen LogP contribution in [0.25, 0.3) is 0 Å². The van der Waals surface area contributed by atoms with Gasteiger partial charge in [0.05, 0.1) is 12.2 Å². The van der Waals surface area contributed by atoms with Crippen molar-refractivity contribution in [3.8, 4) is 0 Å². The SMILES string of the molecule is [CH2]N(CC(C)O)CC(C)O. The fourth-order valence-electron chi connectivity index (χ4n) is 0.822. The van der Waals surface area contributed by atoms with Gasteiger partial charge >= 0.3 is 0 Å². The maximum atomic E-state index is 8.87. The van der Waals surface area contributed by atoms with Crippen LogP contribution in [0.5, 0.6) is 0 Å².